The Bertz CT molecular complexity index is 671. The number of rotatable bonds is 8. The van der Waals surface area contributed by atoms with Crippen LogP contribution in [0.2, 0.25) is 0 Å². The van der Waals surface area contributed by atoms with Crippen LogP contribution in [-0.2, 0) is 6.54 Å². The molecule has 0 saturated heterocycles. The summed E-state index contributed by atoms with van der Waals surface area (Å²) in [6.07, 6.45) is 1.79. The molecule has 0 saturated carbocycles. The monoisotopic (exact) mass is 342 g/mol. The van der Waals surface area contributed by atoms with Gasteiger partial charge in [0.1, 0.15) is 18.1 Å². The molecule has 0 aliphatic rings. The summed E-state index contributed by atoms with van der Waals surface area (Å²) < 4.78 is 10.8. The zero-order valence-electron chi connectivity index (χ0n) is 15.1. The van der Waals surface area contributed by atoms with Crippen molar-refractivity contribution < 1.29 is 9.47 Å². The number of pyridine rings is 1. The van der Waals surface area contributed by atoms with Gasteiger partial charge in [-0.15, -0.1) is 0 Å². The van der Waals surface area contributed by atoms with Gasteiger partial charge in [-0.25, -0.2) is 4.99 Å². The summed E-state index contributed by atoms with van der Waals surface area (Å²) in [5.41, 5.74) is 2.12. The van der Waals surface area contributed by atoms with Crippen molar-refractivity contribution in [1.82, 2.24) is 15.6 Å². The molecule has 2 rings (SSSR count). The van der Waals surface area contributed by atoms with Crippen LogP contribution in [0, 0.1) is 6.92 Å². The molecule has 2 N–H and O–H groups in total. The molecule has 0 fully saturated rings. The molecule has 1 aromatic carbocycles. The van der Waals surface area contributed by atoms with Gasteiger partial charge in [0.2, 0.25) is 0 Å². The van der Waals surface area contributed by atoms with Gasteiger partial charge in [-0.05, 0) is 49.7 Å². The van der Waals surface area contributed by atoms with E-state index >= 15 is 0 Å². The third-order valence-electron chi connectivity index (χ3n) is 3.57. The summed E-state index contributed by atoms with van der Waals surface area (Å²) in [5.74, 6) is 2.39. The number of aliphatic imine (C=N–C) groups is 1. The number of aromatic nitrogens is 1. The Balaban J connectivity index is 1.80. The van der Waals surface area contributed by atoms with Crippen molar-refractivity contribution in [2.24, 2.45) is 4.99 Å². The SMILES string of the molecule is CCNC(=NCc1ncccc1C)NCCOc1ccc(OC)cc1. The molecule has 0 bridgehead atoms. The maximum Gasteiger partial charge on any atom is 0.191 e. The van der Waals surface area contributed by atoms with Gasteiger partial charge in [-0.3, -0.25) is 4.98 Å². The second-order valence-corrected chi connectivity index (χ2v) is 5.41. The first-order valence-corrected chi connectivity index (χ1v) is 8.42. The van der Waals surface area contributed by atoms with Gasteiger partial charge in [0.05, 0.1) is 25.9 Å². The van der Waals surface area contributed by atoms with Crippen LogP contribution in [0.5, 0.6) is 11.5 Å². The second kappa shape index (κ2) is 10.2. The molecule has 6 heteroatoms. The highest BCUT2D eigenvalue weighted by Gasteiger charge is 2.01. The molecule has 2 aromatic rings. The molecule has 0 amide bonds. The predicted octanol–water partition coefficient (Wildman–Crippen LogP) is 2.53. The second-order valence-electron chi connectivity index (χ2n) is 5.41. The van der Waals surface area contributed by atoms with Gasteiger partial charge >= 0.3 is 0 Å². The Hall–Kier alpha value is -2.76. The van der Waals surface area contributed by atoms with E-state index < -0.39 is 0 Å². The molecule has 0 spiro atoms. The predicted molar refractivity (Wildman–Crippen MR) is 100 cm³/mol. The Morgan fingerprint density at radius 3 is 2.56 bits per heavy atom. The molecule has 0 atom stereocenters. The number of guanidine groups is 1. The number of nitrogens with zero attached hydrogens (tertiary/aromatic N) is 2. The molecule has 0 unspecified atom stereocenters. The van der Waals surface area contributed by atoms with Crippen molar-refractivity contribution in [3.63, 3.8) is 0 Å². The van der Waals surface area contributed by atoms with Crippen molar-refractivity contribution >= 4 is 5.96 Å². The van der Waals surface area contributed by atoms with E-state index in [0.29, 0.717) is 19.7 Å². The minimum atomic E-state index is 0.541. The number of benzene rings is 1. The summed E-state index contributed by atoms with van der Waals surface area (Å²) in [5, 5.41) is 6.49. The highest BCUT2D eigenvalue weighted by molar-refractivity contribution is 5.79. The molecule has 1 heterocycles. The first-order valence-electron chi connectivity index (χ1n) is 8.42. The van der Waals surface area contributed by atoms with E-state index in [0.717, 1.165) is 35.3 Å². The van der Waals surface area contributed by atoms with E-state index in [9.17, 15) is 0 Å². The van der Waals surface area contributed by atoms with Crippen molar-refractivity contribution in [3.8, 4) is 11.5 Å². The van der Waals surface area contributed by atoms with E-state index in [-0.39, 0.29) is 0 Å². The largest absolute Gasteiger partial charge is 0.497 e. The molecular weight excluding hydrogens is 316 g/mol. The zero-order valence-corrected chi connectivity index (χ0v) is 15.1. The minimum absolute atomic E-state index is 0.541. The molecule has 0 aliphatic heterocycles. The van der Waals surface area contributed by atoms with Crippen LogP contribution in [0.4, 0.5) is 0 Å². The third-order valence-corrected chi connectivity index (χ3v) is 3.57. The standard InChI is InChI=1S/C19H26N4O2/c1-4-20-19(23-14-18-15(2)6-5-11-21-18)22-12-13-25-17-9-7-16(24-3)8-10-17/h5-11H,4,12-14H2,1-3H3,(H2,20,22,23). The first-order chi connectivity index (χ1) is 12.2. The van der Waals surface area contributed by atoms with Gasteiger partial charge in [0.25, 0.3) is 0 Å². The molecule has 0 radical (unpaired) electrons. The van der Waals surface area contributed by atoms with Crippen LogP contribution in [0.1, 0.15) is 18.2 Å². The van der Waals surface area contributed by atoms with Gasteiger partial charge in [0, 0.05) is 12.7 Å². The number of methoxy groups -OCH3 is 1. The average Bonchev–Trinajstić information content (AvgIpc) is 2.64. The maximum atomic E-state index is 5.70. The van der Waals surface area contributed by atoms with E-state index in [2.05, 4.69) is 20.6 Å². The van der Waals surface area contributed by atoms with Crippen molar-refractivity contribution in [1.29, 1.82) is 0 Å². The molecule has 1 aromatic heterocycles. The molecule has 6 nitrogen and oxygen atoms in total. The quantitative estimate of drug-likeness (QED) is 0.438. The van der Waals surface area contributed by atoms with Crippen LogP contribution < -0.4 is 20.1 Å². The summed E-state index contributed by atoms with van der Waals surface area (Å²) in [6, 6.07) is 11.5. The number of nitrogens with one attached hydrogen (secondary N) is 2. The molecular formula is C19H26N4O2. The molecule has 134 valence electrons. The smallest absolute Gasteiger partial charge is 0.191 e. The lowest BCUT2D eigenvalue weighted by Gasteiger charge is -2.12. The van der Waals surface area contributed by atoms with Crippen LogP contribution in [0.15, 0.2) is 47.6 Å². The topological polar surface area (TPSA) is 67.8 Å². The number of hydrogen-bond acceptors (Lipinski definition) is 4. The van der Waals surface area contributed by atoms with Crippen molar-refractivity contribution in [2.45, 2.75) is 20.4 Å². The van der Waals surface area contributed by atoms with Crippen LogP contribution in [-0.4, -0.2) is 37.7 Å². The van der Waals surface area contributed by atoms with E-state index in [1.54, 1.807) is 13.3 Å². The van der Waals surface area contributed by atoms with Crippen LogP contribution in [0.25, 0.3) is 0 Å². The molecule has 25 heavy (non-hydrogen) atoms. The summed E-state index contributed by atoms with van der Waals surface area (Å²) in [4.78, 5) is 8.93. The molecule has 0 aliphatic carbocycles. The van der Waals surface area contributed by atoms with E-state index in [1.807, 2.05) is 50.2 Å². The van der Waals surface area contributed by atoms with Gasteiger partial charge in [-0.2, -0.15) is 0 Å². The van der Waals surface area contributed by atoms with Crippen LogP contribution in [0.3, 0.4) is 0 Å². The summed E-state index contributed by atoms with van der Waals surface area (Å²) in [6.45, 7) is 6.62. The summed E-state index contributed by atoms with van der Waals surface area (Å²) in [7, 11) is 1.65. The fourth-order valence-corrected chi connectivity index (χ4v) is 2.19. The lowest BCUT2D eigenvalue weighted by molar-refractivity contribution is 0.321. The highest BCUT2D eigenvalue weighted by Crippen LogP contribution is 2.16. The Morgan fingerprint density at radius 2 is 1.88 bits per heavy atom. The third kappa shape index (κ3) is 6.33. The van der Waals surface area contributed by atoms with Gasteiger partial charge in [0.15, 0.2) is 5.96 Å². The van der Waals surface area contributed by atoms with Crippen molar-refractivity contribution in [2.75, 3.05) is 26.8 Å². The fraction of sp³-hybridized carbons (Fsp3) is 0.368. The first kappa shape index (κ1) is 18.6. The number of hydrogen-bond donors (Lipinski definition) is 2. The van der Waals surface area contributed by atoms with Gasteiger partial charge < -0.3 is 20.1 Å². The maximum absolute atomic E-state index is 5.70. The zero-order chi connectivity index (χ0) is 17.9. The number of aryl methyl sites for hydroxylation is 1. The lowest BCUT2D eigenvalue weighted by Crippen LogP contribution is -2.39. The fourth-order valence-electron chi connectivity index (χ4n) is 2.19. The Morgan fingerprint density at radius 1 is 1.12 bits per heavy atom. The highest BCUT2D eigenvalue weighted by atomic mass is 16.5. The minimum Gasteiger partial charge on any atom is -0.497 e. The Labute approximate surface area is 149 Å². The van der Waals surface area contributed by atoms with E-state index in [1.165, 1.54) is 0 Å². The lowest BCUT2D eigenvalue weighted by atomic mass is 10.2. The Kier molecular flexibility index (Phi) is 7.56. The summed E-state index contributed by atoms with van der Waals surface area (Å²) >= 11 is 0. The average molecular weight is 342 g/mol. The van der Waals surface area contributed by atoms with Gasteiger partial charge in [-0.1, -0.05) is 6.07 Å². The number of ether oxygens (including phenoxy) is 2. The van der Waals surface area contributed by atoms with Crippen molar-refractivity contribution in [3.05, 3.63) is 53.9 Å². The normalized spacial score (nSPS) is 11.1. The van der Waals surface area contributed by atoms with E-state index in [4.69, 9.17) is 9.47 Å². The van der Waals surface area contributed by atoms with Crippen LogP contribution >= 0.6 is 0 Å².